The zero-order valence-corrected chi connectivity index (χ0v) is 19.0. The molecule has 1 amide bonds. The Hall–Kier alpha value is -2.48. The van der Waals surface area contributed by atoms with Crippen molar-refractivity contribution in [2.45, 2.75) is 65.1 Å². The molecule has 1 aliphatic rings. The average Bonchev–Trinajstić information content (AvgIpc) is 3.08. The average molecular weight is 435 g/mol. The van der Waals surface area contributed by atoms with Gasteiger partial charge in [-0.1, -0.05) is 11.6 Å². The monoisotopic (exact) mass is 434 g/mol. The van der Waals surface area contributed by atoms with Crippen LogP contribution in [0, 0.1) is 0 Å². The highest BCUT2D eigenvalue weighted by atomic mass is 35.5. The van der Waals surface area contributed by atoms with E-state index in [1.54, 1.807) is 17.3 Å². The fourth-order valence-corrected chi connectivity index (χ4v) is 3.49. The molecule has 9 heteroatoms. The van der Waals surface area contributed by atoms with Crippen molar-refractivity contribution in [3.63, 3.8) is 0 Å². The highest BCUT2D eigenvalue weighted by Crippen LogP contribution is 2.29. The number of aromatic amines is 1. The number of ether oxygens (including phenoxy) is 1. The van der Waals surface area contributed by atoms with Gasteiger partial charge < -0.3 is 25.3 Å². The third-order valence-corrected chi connectivity index (χ3v) is 4.87. The number of hydrogen-bond donors (Lipinski definition) is 3. The lowest BCUT2D eigenvalue weighted by atomic mass is 10.1. The third kappa shape index (κ3) is 6.01. The first-order valence-corrected chi connectivity index (χ1v) is 10.7. The van der Waals surface area contributed by atoms with Crippen molar-refractivity contribution in [2.24, 2.45) is 0 Å². The van der Waals surface area contributed by atoms with Gasteiger partial charge >= 0.3 is 6.09 Å². The summed E-state index contributed by atoms with van der Waals surface area (Å²) in [6.07, 6.45) is 4.94. The Morgan fingerprint density at radius 2 is 1.97 bits per heavy atom. The molecule has 1 saturated heterocycles. The number of aromatic nitrogens is 3. The van der Waals surface area contributed by atoms with Crippen molar-refractivity contribution >= 4 is 29.3 Å². The van der Waals surface area contributed by atoms with Gasteiger partial charge in [0, 0.05) is 42.6 Å². The van der Waals surface area contributed by atoms with Crippen molar-refractivity contribution in [3.05, 3.63) is 23.6 Å². The van der Waals surface area contributed by atoms with Crippen LogP contribution in [0.4, 0.5) is 16.4 Å². The number of rotatable bonds is 5. The molecule has 30 heavy (non-hydrogen) atoms. The smallest absolute Gasteiger partial charge is 0.410 e. The molecule has 8 nitrogen and oxygen atoms in total. The Labute approximate surface area is 182 Å². The lowest BCUT2D eigenvalue weighted by Crippen LogP contribution is -2.44. The number of halogens is 1. The topological polar surface area (TPSA) is 95.2 Å². The molecular weight excluding hydrogens is 404 g/mol. The molecule has 0 aliphatic carbocycles. The molecule has 0 aromatic carbocycles. The van der Waals surface area contributed by atoms with Gasteiger partial charge in [-0.15, -0.1) is 0 Å². The number of nitrogens with zero attached hydrogens (tertiary/aromatic N) is 3. The second kappa shape index (κ2) is 9.12. The van der Waals surface area contributed by atoms with E-state index in [1.165, 1.54) is 0 Å². The number of pyridine rings is 1. The van der Waals surface area contributed by atoms with Crippen LogP contribution in [0.3, 0.4) is 0 Å². The van der Waals surface area contributed by atoms with Gasteiger partial charge in [0.25, 0.3) is 0 Å². The lowest BCUT2D eigenvalue weighted by Gasteiger charge is -2.33. The second-order valence-corrected chi connectivity index (χ2v) is 9.27. The maximum Gasteiger partial charge on any atom is 0.410 e. The van der Waals surface area contributed by atoms with E-state index >= 15 is 0 Å². The first-order chi connectivity index (χ1) is 14.1. The molecule has 2 aromatic rings. The van der Waals surface area contributed by atoms with Gasteiger partial charge in [-0.25, -0.2) is 14.8 Å². The molecule has 3 N–H and O–H groups in total. The van der Waals surface area contributed by atoms with Crippen molar-refractivity contribution in [1.82, 2.24) is 19.9 Å². The molecule has 0 atom stereocenters. The zero-order valence-electron chi connectivity index (χ0n) is 18.3. The van der Waals surface area contributed by atoms with Crippen LogP contribution in [0.15, 0.2) is 18.5 Å². The Balaban J connectivity index is 1.60. The summed E-state index contributed by atoms with van der Waals surface area (Å²) in [6, 6.07) is 2.31. The van der Waals surface area contributed by atoms with Gasteiger partial charge in [0.15, 0.2) is 0 Å². The second-order valence-electron chi connectivity index (χ2n) is 8.88. The minimum absolute atomic E-state index is 0.235. The molecule has 0 radical (unpaired) electrons. The number of amides is 1. The van der Waals surface area contributed by atoms with E-state index in [1.807, 2.05) is 26.8 Å². The van der Waals surface area contributed by atoms with Gasteiger partial charge in [0.05, 0.1) is 11.9 Å². The lowest BCUT2D eigenvalue weighted by molar-refractivity contribution is 0.0210. The van der Waals surface area contributed by atoms with Gasteiger partial charge in [-0.3, -0.25) is 0 Å². The summed E-state index contributed by atoms with van der Waals surface area (Å²) in [7, 11) is 0. The van der Waals surface area contributed by atoms with Crippen molar-refractivity contribution in [3.8, 4) is 11.3 Å². The van der Waals surface area contributed by atoms with Gasteiger partial charge in [-0.05, 0) is 53.5 Å². The highest BCUT2D eigenvalue weighted by Gasteiger charge is 2.27. The van der Waals surface area contributed by atoms with E-state index in [2.05, 4.69) is 39.4 Å². The van der Waals surface area contributed by atoms with E-state index in [0.29, 0.717) is 24.2 Å². The van der Waals surface area contributed by atoms with E-state index in [-0.39, 0.29) is 18.2 Å². The zero-order chi connectivity index (χ0) is 21.9. The molecule has 2 aromatic heterocycles. The van der Waals surface area contributed by atoms with Crippen molar-refractivity contribution in [2.75, 3.05) is 23.7 Å². The molecule has 3 heterocycles. The number of piperidine rings is 1. The Kier molecular flexibility index (Phi) is 6.75. The van der Waals surface area contributed by atoms with Crippen LogP contribution in [-0.2, 0) is 4.74 Å². The molecular formula is C21H31ClN6O2. The first kappa shape index (κ1) is 22.2. The fourth-order valence-electron chi connectivity index (χ4n) is 3.33. The van der Waals surface area contributed by atoms with Crippen LogP contribution < -0.4 is 10.6 Å². The maximum atomic E-state index is 12.2. The number of hydrogen-bond acceptors (Lipinski definition) is 6. The molecule has 0 bridgehead atoms. The predicted molar refractivity (Wildman–Crippen MR) is 120 cm³/mol. The summed E-state index contributed by atoms with van der Waals surface area (Å²) in [5.74, 6) is 0.700. The van der Waals surface area contributed by atoms with E-state index in [9.17, 15) is 4.79 Å². The van der Waals surface area contributed by atoms with Crippen LogP contribution in [0.5, 0.6) is 0 Å². The molecule has 1 aliphatic heterocycles. The van der Waals surface area contributed by atoms with Crippen molar-refractivity contribution in [1.29, 1.82) is 0 Å². The standard InChI is InChI=1S/C21H31ClN6O2/c1-13(2)25-16-10-18(22)23-11-15(16)17-12-24-19(27-17)26-14-6-8-28(9-7-14)20(29)30-21(3,4)5/h10-14H,6-9H2,1-5H3,(H,23,25)(H2,24,26,27). The Morgan fingerprint density at radius 1 is 1.27 bits per heavy atom. The number of nitrogens with one attached hydrogen (secondary N) is 3. The number of anilines is 2. The summed E-state index contributed by atoms with van der Waals surface area (Å²) in [5.41, 5.74) is 2.20. The van der Waals surface area contributed by atoms with E-state index < -0.39 is 5.60 Å². The van der Waals surface area contributed by atoms with Crippen LogP contribution in [0.1, 0.15) is 47.5 Å². The molecule has 164 valence electrons. The van der Waals surface area contributed by atoms with Crippen LogP contribution in [0.25, 0.3) is 11.3 Å². The normalized spacial score (nSPS) is 15.4. The highest BCUT2D eigenvalue weighted by molar-refractivity contribution is 6.29. The summed E-state index contributed by atoms with van der Waals surface area (Å²) >= 11 is 6.06. The number of carbonyl (C=O) groups is 1. The number of carbonyl (C=O) groups excluding carboxylic acids is 1. The molecule has 1 fully saturated rings. The quantitative estimate of drug-likeness (QED) is 0.587. The predicted octanol–water partition coefficient (Wildman–Crippen LogP) is 4.76. The fraction of sp³-hybridized carbons (Fsp3) is 0.571. The SMILES string of the molecule is CC(C)Nc1cc(Cl)ncc1-c1cnc(NC2CCN(C(=O)OC(C)(C)C)CC2)[nH]1. The number of likely N-dealkylation sites (tertiary alicyclic amines) is 1. The third-order valence-electron chi connectivity index (χ3n) is 4.67. The summed E-state index contributed by atoms with van der Waals surface area (Å²) < 4.78 is 5.46. The molecule has 0 saturated carbocycles. The largest absolute Gasteiger partial charge is 0.444 e. The molecule has 0 spiro atoms. The van der Waals surface area contributed by atoms with E-state index in [0.717, 1.165) is 29.8 Å². The van der Waals surface area contributed by atoms with Crippen LogP contribution >= 0.6 is 11.6 Å². The Bertz CT molecular complexity index is 869. The Morgan fingerprint density at radius 3 is 2.60 bits per heavy atom. The summed E-state index contributed by atoms with van der Waals surface area (Å²) in [4.78, 5) is 26.0. The summed E-state index contributed by atoms with van der Waals surface area (Å²) in [5, 5.41) is 7.27. The van der Waals surface area contributed by atoms with Gasteiger partial charge in [0.2, 0.25) is 5.95 Å². The van der Waals surface area contributed by atoms with Gasteiger partial charge in [0.1, 0.15) is 10.8 Å². The summed E-state index contributed by atoms with van der Waals surface area (Å²) in [6.45, 7) is 11.1. The van der Waals surface area contributed by atoms with Crippen LogP contribution in [0.2, 0.25) is 5.15 Å². The molecule has 3 rings (SSSR count). The van der Waals surface area contributed by atoms with Crippen LogP contribution in [-0.4, -0.2) is 56.7 Å². The maximum absolute atomic E-state index is 12.2. The van der Waals surface area contributed by atoms with Gasteiger partial charge in [-0.2, -0.15) is 0 Å². The minimum atomic E-state index is -0.476. The minimum Gasteiger partial charge on any atom is -0.444 e. The molecule has 0 unspecified atom stereocenters. The van der Waals surface area contributed by atoms with E-state index in [4.69, 9.17) is 16.3 Å². The number of imidazole rings is 1. The number of H-pyrrole nitrogens is 1. The first-order valence-electron chi connectivity index (χ1n) is 10.3. The van der Waals surface area contributed by atoms with Crippen molar-refractivity contribution < 1.29 is 9.53 Å².